The van der Waals surface area contributed by atoms with Gasteiger partial charge in [0, 0.05) is 5.56 Å². The number of fused-ring (bicyclic) bond motifs is 1. The van der Waals surface area contributed by atoms with Crippen molar-refractivity contribution in [2.45, 2.75) is 31.9 Å². The summed E-state index contributed by atoms with van der Waals surface area (Å²) in [6, 6.07) is 13.2. The molecule has 0 aliphatic heterocycles. The minimum Gasteiger partial charge on any atom is -0.331 e. The molecule has 0 saturated carbocycles. The Kier molecular flexibility index (Phi) is 5.56. The Balaban J connectivity index is 1.75. The third-order valence-corrected chi connectivity index (χ3v) is 4.40. The number of rotatable bonds is 2. The van der Waals surface area contributed by atoms with E-state index >= 15 is 0 Å². The Morgan fingerprint density at radius 2 is 1.65 bits per heavy atom. The average molecular weight is 377 g/mol. The zero-order chi connectivity index (χ0) is 18.6. The molecule has 2 aromatic rings. The molecule has 0 radical (unpaired) electrons. The number of halogens is 3. The lowest BCUT2D eigenvalue weighted by atomic mass is 10.0. The highest BCUT2D eigenvalue weighted by Crippen LogP contribution is 2.34. The highest BCUT2D eigenvalue weighted by molar-refractivity contribution is 7.80. The van der Waals surface area contributed by atoms with Crippen LogP contribution >= 0.6 is 12.2 Å². The number of hydrogen-bond acceptors (Lipinski definition) is 2. The van der Waals surface area contributed by atoms with E-state index in [2.05, 4.69) is 21.9 Å². The molecule has 136 valence electrons. The van der Waals surface area contributed by atoms with Gasteiger partial charge >= 0.3 is 6.18 Å². The molecule has 2 aromatic carbocycles. The van der Waals surface area contributed by atoms with Crippen LogP contribution in [-0.2, 0) is 12.6 Å². The van der Waals surface area contributed by atoms with Gasteiger partial charge in [-0.15, -0.1) is 0 Å². The first-order valence-electron chi connectivity index (χ1n) is 8.33. The second kappa shape index (κ2) is 7.86. The van der Waals surface area contributed by atoms with Gasteiger partial charge in [0.2, 0.25) is 0 Å². The van der Waals surface area contributed by atoms with Gasteiger partial charge < -0.3 is 5.32 Å². The van der Waals surface area contributed by atoms with E-state index in [9.17, 15) is 13.2 Å². The number of thiocarbonyl (C=S) groups is 1. The first-order valence-corrected chi connectivity index (χ1v) is 8.74. The van der Waals surface area contributed by atoms with Crippen LogP contribution in [0.15, 0.2) is 53.6 Å². The Bertz CT molecular complexity index is 831. The van der Waals surface area contributed by atoms with Crippen LogP contribution in [0.4, 0.5) is 18.9 Å². The maximum Gasteiger partial charge on any atom is 0.418 e. The van der Waals surface area contributed by atoms with Crippen molar-refractivity contribution in [3.05, 3.63) is 65.2 Å². The SMILES string of the molecule is FC(F)(F)c1ccccc1NC(=S)NN=C1CCCCc2ccccc21. The predicted octanol–water partition coefficient (Wildman–Crippen LogP) is 5.12. The molecule has 0 spiro atoms. The number of aryl methyl sites for hydroxylation is 1. The summed E-state index contributed by atoms with van der Waals surface area (Å²) >= 11 is 5.12. The number of para-hydroxylation sites is 1. The van der Waals surface area contributed by atoms with E-state index in [1.165, 1.54) is 23.8 Å². The molecule has 2 N–H and O–H groups in total. The van der Waals surface area contributed by atoms with Crippen molar-refractivity contribution in [3.63, 3.8) is 0 Å². The number of anilines is 1. The summed E-state index contributed by atoms with van der Waals surface area (Å²) in [6.45, 7) is 0. The molecule has 3 nitrogen and oxygen atoms in total. The molecule has 26 heavy (non-hydrogen) atoms. The van der Waals surface area contributed by atoms with Gasteiger partial charge in [-0.3, -0.25) is 5.43 Å². The lowest BCUT2D eigenvalue weighted by Crippen LogP contribution is -2.26. The summed E-state index contributed by atoms with van der Waals surface area (Å²) in [5.41, 5.74) is 4.99. The van der Waals surface area contributed by atoms with Crippen molar-refractivity contribution in [1.29, 1.82) is 0 Å². The number of benzene rings is 2. The van der Waals surface area contributed by atoms with Crippen LogP contribution in [0, 0.1) is 0 Å². The molecule has 0 aromatic heterocycles. The molecule has 1 aliphatic rings. The largest absolute Gasteiger partial charge is 0.418 e. The van der Waals surface area contributed by atoms with Gasteiger partial charge in [0.25, 0.3) is 0 Å². The normalized spacial score (nSPS) is 15.9. The molecule has 0 unspecified atom stereocenters. The molecule has 1 aliphatic carbocycles. The van der Waals surface area contributed by atoms with Crippen molar-refractivity contribution in [1.82, 2.24) is 5.43 Å². The van der Waals surface area contributed by atoms with Crippen molar-refractivity contribution in [2.24, 2.45) is 5.10 Å². The summed E-state index contributed by atoms with van der Waals surface area (Å²) in [4.78, 5) is 0. The number of hydrazone groups is 1. The molecule has 0 saturated heterocycles. The number of hydrogen-bond donors (Lipinski definition) is 2. The van der Waals surface area contributed by atoms with Gasteiger partial charge in [-0.2, -0.15) is 18.3 Å². The van der Waals surface area contributed by atoms with Gasteiger partial charge in [-0.05, 0) is 55.6 Å². The Labute approximate surface area is 155 Å². The van der Waals surface area contributed by atoms with Gasteiger partial charge in [-0.1, -0.05) is 36.4 Å². The van der Waals surface area contributed by atoms with Crippen molar-refractivity contribution >= 4 is 28.7 Å². The average Bonchev–Trinajstić information content (AvgIpc) is 2.82. The number of alkyl halides is 3. The summed E-state index contributed by atoms with van der Waals surface area (Å²) in [6.07, 6.45) is -0.572. The molecule has 0 heterocycles. The summed E-state index contributed by atoms with van der Waals surface area (Å²) in [7, 11) is 0. The molecular weight excluding hydrogens is 359 g/mol. The van der Waals surface area contributed by atoms with Crippen molar-refractivity contribution < 1.29 is 13.2 Å². The number of nitrogens with zero attached hydrogens (tertiary/aromatic N) is 1. The van der Waals surface area contributed by atoms with E-state index in [-0.39, 0.29) is 10.8 Å². The molecule has 3 rings (SSSR count). The first kappa shape index (κ1) is 18.4. The number of nitrogens with one attached hydrogen (secondary N) is 2. The standard InChI is InChI=1S/C19H18F3N3S/c20-19(21,22)15-10-4-6-12-17(15)23-18(26)25-24-16-11-5-2-8-13-7-1-3-9-14(13)16/h1,3-4,6-7,9-10,12H,2,5,8,11H2,(H2,23,25,26). The van der Waals surface area contributed by atoms with E-state index in [0.29, 0.717) is 0 Å². The Morgan fingerprint density at radius 3 is 2.46 bits per heavy atom. The monoisotopic (exact) mass is 377 g/mol. The van der Waals surface area contributed by atoms with Crippen LogP contribution in [0.3, 0.4) is 0 Å². The van der Waals surface area contributed by atoms with Gasteiger partial charge in [0.05, 0.1) is 17.0 Å². The van der Waals surface area contributed by atoms with Gasteiger partial charge in [0.15, 0.2) is 5.11 Å². The minimum atomic E-state index is -4.45. The van der Waals surface area contributed by atoms with Gasteiger partial charge in [-0.25, -0.2) is 0 Å². The zero-order valence-corrected chi connectivity index (χ0v) is 14.8. The second-order valence-corrected chi connectivity index (χ2v) is 6.44. The fourth-order valence-electron chi connectivity index (χ4n) is 2.99. The highest BCUT2D eigenvalue weighted by atomic mass is 32.1. The first-order chi connectivity index (χ1) is 12.4. The van der Waals surface area contributed by atoms with E-state index in [1.54, 1.807) is 0 Å². The van der Waals surface area contributed by atoms with Crippen LogP contribution in [0.2, 0.25) is 0 Å². The van der Waals surface area contributed by atoms with E-state index < -0.39 is 11.7 Å². The van der Waals surface area contributed by atoms with Crippen LogP contribution < -0.4 is 10.7 Å². The smallest absolute Gasteiger partial charge is 0.331 e. The third-order valence-electron chi connectivity index (χ3n) is 4.21. The molecule has 7 heteroatoms. The van der Waals surface area contributed by atoms with Crippen molar-refractivity contribution in [3.8, 4) is 0 Å². The topological polar surface area (TPSA) is 36.4 Å². The Morgan fingerprint density at radius 1 is 0.962 bits per heavy atom. The fraction of sp³-hybridized carbons (Fsp3) is 0.263. The zero-order valence-electron chi connectivity index (χ0n) is 13.9. The Hall–Kier alpha value is -2.41. The lowest BCUT2D eigenvalue weighted by Gasteiger charge is -2.15. The van der Waals surface area contributed by atoms with Crippen LogP contribution in [0.1, 0.15) is 36.0 Å². The molecule has 0 amide bonds. The van der Waals surface area contributed by atoms with Crippen LogP contribution in [0.5, 0.6) is 0 Å². The molecule has 0 atom stereocenters. The van der Waals surface area contributed by atoms with Crippen LogP contribution in [0.25, 0.3) is 0 Å². The summed E-state index contributed by atoms with van der Waals surface area (Å²) in [5, 5.41) is 6.97. The van der Waals surface area contributed by atoms with E-state index in [0.717, 1.165) is 43.0 Å². The molecule has 0 fully saturated rings. The van der Waals surface area contributed by atoms with Crippen LogP contribution in [-0.4, -0.2) is 10.8 Å². The van der Waals surface area contributed by atoms with E-state index in [1.807, 2.05) is 18.2 Å². The van der Waals surface area contributed by atoms with Gasteiger partial charge in [0.1, 0.15) is 0 Å². The van der Waals surface area contributed by atoms with E-state index in [4.69, 9.17) is 12.2 Å². The summed E-state index contributed by atoms with van der Waals surface area (Å²) in [5.74, 6) is 0. The maximum absolute atomic E-state index is 13.1. The van der Waals surface area contributed by atoms with Crippen molar-refractivity contribution in [2.75, 3.05) is 5.32 Å². The minimum absolute atomic E-state index is 0.0240. The quantitative estimate of drug-likeness (QED) is 0.433. The second-order valence-electron chi connectivity index (χ2n) is 6.03. The fourth-order valence-corrected chi connectivity index (χ4v) is 3.14. The highest BCUT2D eigenvalue weighted by Gasteiger charge is 2.33. The third kappa shape index (κ3) is 4.40. The maximum atomic E-state index is 13.1. The molecule has 0 bridgehead atoms. The lowest BCUT2D eigenvalue weighted by molar-refractivity contribution is -0.136. The molecular formula is C19H18F3N3S. The predicted molar refractivity (Wildman–Crippen MR) is 101 cm³/mol. The summed E-state index contributed by atoms with van der Waals surface area (Å²) < 4.78 is 39.2.